The van der Waals surface area contributed by atoms with Crippen molar-refractivity contribution in [3.05, 3.63) is 54.1 Å². The van der Waals surface area contributed by atoms with E-state index in [1.807, 2.05) is 48.5 Å². The smallest absolute Gasteiger partial charge is 0.0682 e. The fourth-order valence-corrected chi connectivity index (χ4v) is 2.26. The molecule has 16 heavy (non-hydrogen) atoms. The van der Waals surface area contributed by atoms with E-state index in [2.05, 4.69) is 0 Å². The summed E-state index contributed by atoms with van der Waals surface area (Å²) in [5, 5.41) is 8.98. The number of hydrogen-bond donors (Lipinski definition) is 2. The van der Waals surface area contributed by atoms with Crippen LogP contribution in [0.5, 0.6) is 0 Å². The average molecular weight is 231 g/mol. The Bertz CT molecular complexity index is 471. The topological polar surface area (TPSA) is 46.2 Å². The van der Waals surface area contributed by atoms with Crippen LogP contribution < -0.4 is 5.73 Å². The largest absolute Gasteiger partial charge is 0.398 e. The number of hydrogen-bond acceptors (Lipinski definition) is 3. The maximum Gasteiger partial charge on any atom is 0.0682 e. The summed E-state index contributed by atoms with van der Waals surface area (Å²) in [6.07, 6.45) is 0. The normalized spacial score (nSPS) is 10.3. The monoisotopic (exact) mass is 231 g/mol. The minimum Gasteiger partial charge on any atom is -0.398 e. The molecule has 0 saturated carbocycles. The minimum absolute atomic E-state index is 0.0283. The highest BCUT2D eigenvalue weighted by Crippen LogP contribution is 2.32. The molecule has 0 aliphatic heterocycles. The molecule has 0 saturated heterocycles. The summed E-state index contributed by atoms with van der Waals surface area (Å²) in [6.45, 7) is 0.0283. The average Bonchev–Trinajstić information content (AvgIpc) is 2.33. The molecule has 0 aliphatic carbocycles. The molecule has 0 unspecified atom stereocenters. The Labute approximate surface area is 99.1 Å². The van der Waals surface area contributed by atoms with Gasteiger partial charge in [-0.05, 0) is 29.8 Å². The zero-order valence-corrected chi connectivity index (χ0v) is 9.58. The Hall–Kier alpha value is -1.45. The molecule has 2 aromatic rings. The van der Waals surface area contributed by atoms with Gasteiger partial charge in [-0.1, -0.05) is 36.0 Å². The molecule has 0 bridgehead atoms. The van der Waals surface area contributed by atoms with Gasteiger partial charge in [0.25, 0.3) is 0 Å². The first kappa shape index (κ1) is 11.0. The third kappa shape index (κ3) is 2.56. The summed E-state index contributed by atoms with van der Waals surface area (Å²) in [5.41, 5.74) is 7.46. The Morgan fingerprint density at radius 2 is 1.81 bits per heavy atom. The van der Waals surface area contributed by atoms with E-state index in [4.69, 9.17) is 10.8 Å². The third-order valence-electron chi connectivity index (χ3n) is 2.23. The molecule has 0 aromatic heterocycles. The second-order valence-electron chi connectivity index (χ2n) is 3.45. The van der Waals surface area contributed by atoms with Gasteiger partial charge in [0.1, 0.15) is 0 Å². The molecule has 0 atom stereocenters. The summed E-state index contributed by atoms with van der Waals surface area (Å²) in [6, 6.07) is 15.7. The molecular weight excluding hydrogens is 218 g/mol. The van der Waals surface area contributed by atoms with Gasteiger partial charge in [0, 0.05) is 15.5 Å². The number of anilines is 1. The Kier molecular flexibility index (Phi) is 3.49. The lowest BCUT2D eigenvalue weighted by Crippen LogP contribution is -1.91. The van der Waals surface area contributed by atoms with Crippen LogP contribution in [-0.4, -0.2) is 5.11 Å². The first-order valence-electron chi connectivity index (χ1n) is 5.02. The molecule has 3 heteroatoms. The van der Waals surface area contributed by atoms with Gasteiger partial charge in [-0.15, -0.1) is 0 Å². The van der Waals surface area contributed by atoms with Crippen molar-refractivity contribution in [2.75, 3.05) is 5.73 Å². The van der Waals surface area contributed by atoms with E-state index in [9.17, 15) is 0 Å². The Morgan fingerprint density at radius 3 is 2.44 bits per heavy atom. The summed E-state index contributed by atoms with van der Waals surface area (Å²) >= 11 is 1.63. The third-order valence-corrected chi connectivity index (χ3v) is 3.33. The lowest BCUT2D eigenvalue weighted by atomic mass is 10.2. The van der Waals surface area contributed by atoms with Gasteiger partial charge in [-0.3, -0.25) is 0 Å². The standard InChI is InChI=1S/C13H13NOS/c14-12-8-10(9-15)6-7-13(12)16-11-4-2-1-3-5-11/h1-8,15H,9,14H2. The molecule has 2 nitrogen and oxygen atoms in total. The molecule has 0 radical (unpaired) electrons. The van der Waals surface area contributed by atoms with Gasteiger partial charge >= 0.3 is 0 Å². The molecule has 0 amide bonds. The maximum absolute atomic E-state index is 8.98. The number of nitrogen functional groups attached to an aromatic ring is 1. The number of aliphatic hydroxyl groups is 1. The first-order chi connectivity index (χ1) is 7.79. The van der Waals surface area contributed by atoms with Crippen LogP contribution in [0.25, 0.3) is 0 Å². The number of rotatable bonds is 3. The number of nitrogens with two attached hydrogens (primary N) is 1. The predicted molar refractivity (Wildman–Crippen MR) is 67.3 cm³/mol. The van der Waals surface area contributed by atoms with Crippen molar-refractivity contribution >= 4 is 17.4 Å². The van der Waals surface area contributed by atoms with Crippen LogP contribution in [0.2, 0.25) is 0 Å². The lowest BCUT2D eigenvalue weighted by molar-refractivity contribution is 0.282. The van der Waals surface area contributed by atoms with Gasteiger partial charge in [-0.2, -0.15) is 0 Å². The maximum atomic E-state index is 8.98. The summed E-state index contributed by atoms with van der Waals surface area (Å²) in [7, 11) is 0. The van der Waals surface area contributed by atoms with Gasteiger partial charge in [-0.25, -0.2) is 0 Å². The van der Waals surface area contributed by atoms with E-state index in [1.54, 1.807) is 11.8 Å². The number of aliphatic hydroxyl groups excluding tert-OH is 1. The van der Waals surface area contributed by atoms with E-state index in [0.717, 1.165) is 15.4 Å². The first-order valence-corrected chi connectivity index (χ1v) is 5.83. The molecule has 2 aromatic carbocycles. The molecule has 0 spiro atoms. The summed E-state index contributed by atoms with van der Waals surface area (Å²) < 4.78 is 0. The molecule has 0 aliphatic rings. The van der Waals surface area contributed by atoms with E-state index in [-0.39, 0.29) is 6.61 Å². The lowest BCUT2D eigenvalue weighted by Gasteiger charge is -2.06. The Morgan fingerprint density at radius 1 is 1.06 bits per heavy atom. The second kappa shape index (κ2) is 5.05. The van der Waals surface area contributed by atoms with Crippen molar-refractivity contribution in [1.82, 2.24) is 0 Å². The van der Waals surface area contributed by atoms with Crippen LogP contribution >= 0.6 is 11.8 Å². The highest BCUT2D eigenvalue weighted by Gasteiger charge is 2.02. The molecule has 2 rings (SSSR count). The van der Waals surface area contributed by atoms with Crippen molar-refractivity contribution in [3.8, 4) is 0 Å². The Balaban J connectivity index is 2.22. The SMILES string of the molecule is Nc1cc(CO)ccc1Sc1ccccc1. The van der Waals surface area contributed by atoms with Gasteiger partial charge in [0.05, 0.1) is 6.61 Å². The molecule has 82 valence electrons. The molecular formula is C13H13NOS. The van der Waals surface area contributed by atoms with Gasteiger partial charge < -0.3 is 10.8 Å². The number of benzene rings is 2. The van der Waals surface area contributed by atoms with E-state index >= 15 is 0 Å². The zero-order valence-electron chi connectivity index (χ0n) is 8.76. The van der Waals surface area contributed by atoms with Crippen molar-refractivity contribution in [2.24, 2.45) is 0 Å². The highest BCUT2D eigenvalue weighted by atomic mass is 32.2. The van der Waals surface area contributed by atoms with Crippen LogP contribution in [0.15, 0.2) is 58.3 Å². The van der Waals surface area contributed by atoms with Crippen LogP contribution in [0.1, 0.15) is 5.56 Å². The van der Waals surface area contributed by atoms with Gasteiger partial charge in [0.2, 0.25) is 0 Å². The second-order valence-corrected chi connectivity index (χ2v) is 4.56. The van der Waals surface area contributed by atoms with Crippen molar-refractivity contribution in [3.63, 3.8) is 0 Å². The van der Waals surface area contributed by atoms with Crippen LogP contribution in [0, 0.1) is 0 Å². The minimum atomic E-state index is 0.0283. The molecule has 0 fully saturated rings. The van der Waals surface area contributed by atoms with Crippen molar-refractivity contribution in [1.29, 1.82) is 0 Å². The van der Waals surface area contributed by atoms with E-state index in [0.29, 0.717) is 5.69 Å². The van der Waals surface area contributed by atoms with Crippen LogP contribution in [0.3, 0.4) is 0 Å². The van der Waals surface area contributed by atoms with E-state index < -0.39 is 0 Å². The molecule has 3 N–H and O–H groups in total. The van der Waals surface area contributed by atoms with Crippen LogP contribution in [-0.2, 0) is 6.61 Å². The van der Waals surface area contributed by atoms with Crippen molar-refractivity contribution < 1.29 is 5.11 Å². The predicted octanol–water partition coefficient (Wildman–Crippen LogP) is 2.91. The van der Waals surface area contributed by atoms with E-state index in [1.165, 1.54) is 0 Å². The fourth-order valence-electron chi connectivity index (χ4n) is 1.40. The zero-order chi connectivity index (χ0) is 11.4. The molecule has 0 heterocycles. The van der Waals surface area contributed by atoms with Crippen molar-refractivity contribution in [2.45, 2.75) is 16.4 Å². The fraction of sp³-hybridized carbons (Fsp3) is 0.0769. The summed E-state index contributed by atoms with van der Waals surface area (Å²) in [4.78, 5) is 2.18. The van der Waals surface area contributed by atoms with Crippen LogP contribution in [0.4, 0.5) is 5.69 Å². The highest BCUT2D eigenvalue weighted by molar-refractivity contribution is 7.99. The quantitative estimate of drug-likeness (QED) is 0.798. The summed E-state index contributed by atoms with van der Waals surface area (Å²) in [5.74, 6) is 0. The van der Waals surface area contributed by atoms with Gasteiger partial charge in [0.15, 0.2) is 0 Å².